The Morgan fingerprint density at radius 2 is 1.79 bits per heavy atom. The van der Waals surface area contributed by atoms with Crippen molar-refractivity contribution in [2.45, 2.75) is 27.3 Å². The van der Waals surface area contributed by atoms with E-state index in [9.17, 15) is 0 Å². The molecule has 0 atom stereocenters. The van der Waals surface area contributed by atoms with E-state index in [0.29, 0.717) is 5.15 Å². The van der Waals surface area contributed by atoms with Crippen molar-refractivity contribution in [2.24, 2.45) is 0 Å². The molecule has 98 valence electrons. The van der Waals surface area contributed by atoms with Crippen LogP contribution in [0.3, 0.4) is 0 Å². The maximum atomic E-state index is 6.29. The van der Waals surface area contributed by atoms with Crippen LogP contribution in [0.5, 0.6) is 0 Å². The molecular formula is C15H16ClN3. The topological polar surface area (TPSA) is 22.8 Å². The van der Waals surface area contributed by atoms with Crippen molar-refractivity contribution in [3.8, 4) is 5.69 Å². The molecule has 1 aromatic carbocycles. The summed E-state index contributed by atoms with van der Waals surface area (Å²) >= 11 is 6.29. The Bertz CT molecular complexity index is 733. The molecule has 3 aromatic rings. The largest absolute Gasteiger partial charge is 0.318 e. The number of rotatable bonds is 2. The molecule has 0 saturated carbocycles. The van der Waals surface area contributed by atoms with Crippen molar-refractivity contribution in [3.63, 3.8) is 0 Å². The van der Waals surface area contributed by atoms with Gasteiger partial charge in [0.05, 0.1) is 5.52 Å². The predicted octanol–water partition coefficient (Wildman–Crippen LogP) is 4.12. The van der Waals surface area contributed by atoms with E-state index in [0.717, 1.165) is 23.1 Å². The van der Waals surface area contributed by atoms with E-state index in [1.54, 1.807) is 0 Å². The van der Waals surface area contributed by atoms with Crippen LogP contribution in [0.2, 0.25) is 5.15 Å². The zero-order valence-electron chi connectivity index (χ0n) is 11.3. The molecule has 3 nitrogen and oxygen atoms in total. The summed E-state index contributed by atoms with van der Waals surface area (Å²) in [7, 11) is 0. The summed E-state index contributed by atoms with van der Waals surface area (Å²) in [5.74, 6) is 0. The third-order valence-corrected chi connectivity index (χ3v) is 3.89. The fourth-order valence-corrected chi connectivity index (χ4v) is 2.83. The zero-order valence-corrected chi connectivity index (χ0v) is 12.1. The van der Waals surface area contributed by atoms with Crippen LogP contribution in [0, 0.1) is 13.8 Å². The zero-order chi connectivity index (χ0) is 13.6. The third kappa shape index (κ3) is 1.85. The highest BCUT2D eigenvalue weighted by atomic mass is 35.5. The second-order valence-corrected chi connectivity index (χ2v) is 5.12. The van der Waals surface area contributed by atoms with Crippen LogP contribution >= 0.6 is 11.6 Å². The van der Waals surface area contributed by atoms with E-state index in [4.69, 9.17) is 11.6 Å². The van der Waals surface area contributed by atoms with Crippen LogP contribution in [0.15, 0.2) is 30.3 Å². The van der Waals surface area contributed by atoms with Gasteiger partial charge in [-0.1, -0.05) is 11.6 Å². The first kappa shape index (κ1) is 12.3. The van der Waals surface area contributed by atoms with Crippen molar-refractivity contribution in [2.75, 3.05) is 0 Å². The summed E-state index contributed by atoms with van der Waals surface area (Å²) in [5.41, 5.74) is 4.51. The molecule has 0 aliphatic carbocycles. The van der Waals surface area contributed by atoms with Gasteiger partial charge in [0.15, 0.2) is 0 Å². The Labute approximate surface area is 117 Å². The van der Waals surface area contributed by atoms with Crippen molar-refractivity contribution in [3.05, 3.63) is 46.9 Å². The highest BCUT2D eigenvalue weighted by Crippen LogP contribution is 2.26. The molecule has 2 heterocycles. The van der Waals surface area contributed by atoms with Gasteiger partial charge in [-0.05, 0) is 51.1 Å². The summed E-state index contributed by atoms with van der Waals surface area (Å²) in [6, 6.07) is 10.5. The number of halogens is 1. The molecule has 0 spiro atoms. The molecule has 0 aliphatic rings. The van der Waals surface area contributed by atoms with E-state index < -0.39 is 0 Å². The molecule has 19 heavy (non-hydrogen) atoms. The lowest BCUT2D eigenvalue weighted by Gasteiger charge is -2.08. The second-order valence-electron chi connectivity index (χ2n) is 4.76. The van der Waals surface area contributed by atoms with Gasteiger partial charge in [-0.2, -0.15) is 5.10 Å². The van der Waals surface area contributed by atoms with Gasteiger partial charge in [0.1, 0.15) is 5.15 Å². The van der Waals surface area contributed by atoms with Crippen LogP contribution < -0.4 is 0 Å². The average molecular weight is 274 g/mol. The van der Waals surface area contributed by atoms with E-state index in [2.05, 4.69) is 47.8 Å². The monoisotopic (exact) mass is 273 g/mol. The Balaban J connectivity index is 2.22. The van der Waals surface area contributed by atoms with E-state index in [1.807, 2.05) is 17.7 Å². The maximum absolute atomic E-state index is 6.29. The van der Waals surface area contributed by atoms with Crippen LogP contribution in [0.4, 0.5) is 0 Å². The standard InChI is InChI=1S/C15H16ClN3/c1-4-18-15(16)13-8-7-12(9-14(13)17-18)19-10(2)5-6-11(19)3/h5-9H,4H2,1-3H3. The smallest absolute Gasteiger partial charge is 0.134 e. The van der Waals surface area contributed by atoms with Gasteiger partial charge < -0.3 is 4.57 Å². The minimum absolute atomic E-state index is 0.713. The van der Waals surface area contributed by atoms with Crippen molar-refractivity contribution < 1.29 is 0 Å². The molecule has 0 aliphatic heterocycles. The summed E-state index contributed by atoms with van der Waals surface area (Å²) in [5, 5.41) is 6.25. The molecule has 0 bridgehead atoms. The Kier molecular flexibility index (Phi) is 2.86. The van der Waals surface area contributed by atoms with Crippen molar-refractivity contribution >= 4 is 22.5 Å². The predicted molar refractivity (Wildman–Crippen MR) is 79.2 cm³/mol. The fourth-order valence-electron chi connectivity index (χ4n) is 2.51. The summed E-state index contributed by atoms with van der Waals surface area (Å²) in [6.07, 6.45) is 0. The summed E-state index contributed by atoms with van der Waals surface area (Å²) < 4.78 is 4.05. The molecule has 3 rings (SSSR count). The van der Waals surface area contributed by atoms with Crippen LogP contribution in [-0.2, 0) is 6.54 Å². The number of hydrogen-bond acceptors (Lipinski definition) is 1. The molecule has 4 heteroatoms. The quantitative estimate of drug-likeness (QED) is 0.689. The van der Waals surface area contributed by atoms with Crippen LogP contribution in [0.1, 0.15) is 18.3 Å². The number of aromatic nitrogens is 3. The lowest BCUT2D eigenvalue weighted by atomic mass is 10.2. The summed E-state index contributed by atoms with van der Waals surface area (Å²) in [6.45, 7) is 7.03. The summed E-state index contributed by atoms with van der Waals surface area (Å²) in [4.78, 5) is 0. The number of nitrogens with zero attached hydrogens (tertiary/aromatic N) is 3. The lowest BCUT2D eigenvalue weighted by molar-refractivity contribution is 0.669. The normalized spacial score (nSPS) is 11.4. The molecule has 0 fully saturated rings. The van der Waals surface area contributed by atoms with Gasteiger partial charge in [0.2, 0.25) is 0 Å². The second kappa shape index (κ2) is 4.42. The first-order chi connectivity index (χ1) is 9.11. The highest BCUT2D eigenvalue weighted by molar-refractivity contribution is 6.34. The van der Waals surface area contributed by atoms with E-state index in [1.165, 1.54) is 11.4 Å². The van der Waals surface area contributed by atoms with Gasteiger partial charge in [-0.3, -0.25) is 4.68 Å². The molecule has 0 amide bonds. The average Bonchev–Trinajstić information content (AvgIpc) is 2.90. The number of hydrogen-bond donors (Lipinski definition) is 0. The lowest BCUT2D eigenvalue weighted by Crippen LogP contribution is -1.98. The molecule has 2 aromatic heterocycles. The molecular weight excluding hydrogens is 258 g/mol. The van der Waals surface area contributed by atoms with Crippen LogP contribution in [0.25, 0.3) is 16.6 Å². The molecule has 0 radical (unpaired) electrons. The van der Waals surface area contributed by atoms with Crippen LogP contribution in [-0.4, -0.2) is 14.3 Å². The first-order valence-corrected chi connectivity index (χ1v) is 6.81. The first-order valence-electron chi connectivity index (χ1n) is 6.43. The minimum Gasteiger partial charge on any atom is -0.318 e. The van der Waals surface area contributed by atoms with Gasteiger partial charge in [-0.25, -0.2) is 0 Å². The number of aryl methyl sites for hydroxylation is 3. The molecule has 0 N–H and O–H groups in total. The highest BCUT2D eigenvalue weighted by Gasteiger charge is 2.10. The Hall–Kier alpha value is -1.74. The number of fused-ring (bicyclic) bond motifs is 1. The maximum Gasteiger partial charge on any atom is 0.134 e. The SMILES string of the molecule is CCn1nc2cc(-n3c(C)ccc3C)ccc2c1Cl. The molecule has 0 unspecified atom stereocenters. The van der Waals surface area contributed by atoms with Gasteiger partial charge in [0, 0.05) is 29.0 Å². The Morgan fingerprint density at radius 3 is 2.42 bits per heavy atom. The van der Waals surface area contributed by atoms with Gasteiger partial charge in [-0.15, -0.1) is 0 Å². The van der Waals surface area contributed by atoms with Crippen molar-refractivity contribution in [1.82, 2.24) is 14.3 Å². The minimum atomic E-state index is 0.713. The van der Waals surface area contributed by atoms with Crippen molar-refractivity contribution in [1.29, 1.82) is 0 Å². The van der Waals surface area contributed by atoms with E-state index in [-0.39, 0.29) is 0 Å². The number of benzene rings is 1. The Morgan fingerprint density at radius 1 is 1.11 bits per heavy atom. The van der Waals surface area contributed by atoms with Gasteiger partial charge >= 0.3 is 0 Å². The van der Waals surface area contributed by atoms with Gasteiger partial charge in [0.25, 0.3) is 0 Å². The third-order valence-electron chi connectivity index (χ3n) is 3.49. The van der Waals surface area contributed by atoms with E-state index >= 15 is 0 Å². The molecule has 0 saturated heterocycles. The fraction of sp³-hybridized carbons (Fsp3) is 0.267.